The van der Waals surface area contributed by atoms with Gasteiger partial charge in [-0.1, -0.05) is 24.3 Å². The number of nitrogen functional groups attached to an aromatic ring is 2. The predicted molar refractivity (Wildman–Crippen MR) is 83.0 cm³/mol. The summed E-state index contributed by atoms with van der Waals surface area (Å²) in [5.74, 6) is -0.612. The van der Waals surface area contributed by atoms with Crippen molar-refractivity contribution in [3.05, 3.63) is 59.7 Å². The van der Waals surface area contributed by atoms with E-state index in [-0.39, 0.29) is 18.0 Å². The van der Waals surface area contributed by atoms with Gasteiger partial charge in [-0.2, -0.15) is 0 Å². The van der Waals surface area contributed by atoms with Gasteiger partial charge in [0.2, 0.25) is 0 Å². The Morgan fingerprint density at radius 1 is 0.857 bits per heavy atom. The summed E-state index contributed by atoms with van der Waals surface area (Å²) in [5.41, 5.74) is 18.8. The van der Waals surface area contributed by atoms with Crippen LogP contribution in [0.4, 0.5) is 11.4 Å². The van der Waals surface area contributed by atoms with E-state index in [2.05, 4.69) is 0 Å². The van der Waals surface area contributed by atoms with Crippen LogP contribution < -0.4 is 17.2 Å². The van der Waals surface area contributed by atoms with Crippen LogP contribution in [0.3, 0.4) is 0 Å². The number of Topliss-reactive ketones (excluding diaryl/α,β-unsaturated/α-hetero) is 2. The molecule has 2 rings (SSSR count). The highest BCUT2D eigenvalue weighted by molar-refractivity contribution is 6.08. The van der Waals surface area contributed by atoms with E-state index in [4.69, 9.17) is 17.2 Å². The van der Waals surface area contributed by atoms with Crippen LogP contribution in [0.1, 0.15) is 27.1 Å². The minimum Gasteiger partial charge on any atom is -0.398 e. The first-order valence-electron chi connectivity index (χ1n) is 6.52. The molecule has 0 heterocycles. The summed E-state index contributed by atoms with van der Waals surface area (Å²) in [6, 6.07) is 12.4. The second-order valence-corrected chi connectivity index (χ2v) is 4.77. The van der Waals surface area contributed by atoms with Crippen molar-refractivity contribution in [2.75, 3.05) is 11.5 Å². The Balaban J connectivity index is 2.13. The third-order valence-electron chi connectivity index (χ3n) is 3.23. The van der Waals surface area contributed by atoms with Crippen LogP contribution in [-0.4, -0.2) is 17.6 Å². The number of hydrogen-bond acceptors (Lipinski definition) is 5. The fourth-order valence-electron chi connectivity index (χ4n) is 2.07. The van der Waals surface area contributed by atoms with Crippen molar-refractivity contribution in [2.24, 2.45) is 5.73 Å². The number of carbonyl (C=O) groups excluding carboxylic acids is 2. The van der Waals surface area contributed by atoms with E-state index in [0.29, 0.717) is 22.5 Å². The largest absolute Gasteiger partial charge is 0.398 e. The molecular formula is C16H17N3O2. The molecule has 5 nitrogen and oxygen atoms in total. The number of ketones is 2. The van der Waals surface area contributed by atoms with Gasteiger partial charge in [-0.15, -0.1) is 0 Å². The maximum absolute atomic E-state index is 12.2. The molecule has 0 amide bonds. The molecule has 0 aromatic heterocycles. The van der Waals surface area contributed by atoms with Crippen LogP contribution in [-0.2, 0) is 0 Å². The van der Waals surface area contributed by atoms with Crippen LogP contribution in [0.2, 0.25) is 0 Å². The molecule has 0 aliphatic rings. The smallest absolute Gasteiger partial charge is 0.182 e. The van der Waals surface area contributed by atoms with Crippen molar-refractivity contribution in [1.82, 2.24) is 0 Å². The van der Waals surface area contributed by atoms with Gasteiger partial charge in [0.25, 0.3) is 0 Å². The molecule has 0 aliphatic carbocycles. The lowest BCUT2D eigenvalue weighted by atomic mass is 9.96. The van der Waals surface area contributed by atoms with Crippen molar-refractivity contribution in [3.8, 4) is 0 Å². The van der Waals surface area contributed by atoms with Crippen molar-refractivity contribution in [3.63, 3.8) is 0 Å². The second kappa shape index (κ2) is 6.19. The monoisotopic (exact) mass is 283 g/mol. The molecule has 0 saturated carbocycles. The Kier molecular flexibility index (Phi) is 4.35. The number of rotatable bonds is 5. The summed E-state index contributed by atoms with van der Waals surface area (Å²) in [4.78, 5) is 24.4. The normalized spacial score (nSPS) is 11.9. The Bertz CT molecular complexity index is 683. The van der Waals surface area contributed by atoms with Gasteiger partial charge in [-0.05, 0) is 24.3 Å². The molecule has 0 bridgehead atoms. The van der Waals surface area contributed by atoms with E-state index >= 15 is 0 Å². The van der Waals surface area contributed by atoms with E-state index < -0.39 is 6.04 Å². The first-order valence-corrected chi connectivity index (χ1v) is 6.52. The van der Waals surface area contributed by atoms with Crippen molar-refractivity contribution >= 4 is 22.9 Å². The number of carbonyl (C=O) groups is 2. The third kappa shape index (κ3) is 3.27. The number of para-hydroxylation sites is 2. The quantitative estimate of drug-likeness (QED) is 0.570. The molecule has 1 atom stereocenters. The van der Waals surface area contributed by atoms with Crippen molar-refractivity contribution in [2.45, 2.75) is 12.5 Å². The summed E-state index contributed by atoms with van der Waals surface area (Å²) in [5, 5.41) is 0. The number of anilines is 2. The standard InChI is InChI=1S/C16H17N3O2/c17-12-7-3-1-5-10(12)15(20)9-14(19)16(21)11-6-2-4-8-13(11)18/h1-8,14H,9,17-19H2. The van der Waals surface area contributed by atoms with E-state index in [1.807, 2.05) is 0 Å². The summed E-state index contributed by atoms with van der Waals surface area (Å²) < 4.78 is 0. The van der Waals surface area contributed by atoms with Gasteiger partial charge in [0.1, 0.15) is 0 Å². The zero-order chi connectivity index (χ0) is 15.4. The van der Waals surface area contributed by atoms with E-state index in [1.165, 1.54) is 0 Å². The predicted octanol–water partition coefficient (Wildman–Crippen LogP) is 1.63. The Labute approximate surface area is 122 Å². The molecule has 0 saturated heterocycles. The average Bonchev–Trinajstić information content (AvgIpc) is 2.47. The van der Waals surface area contributed by atoms with Gasteiger partial charge >= 0.3 is 0 Å². The number of benzene rings is 2. The molecular weight excluding hydrogens is 266 g/mol. The highest BCUT2D eigenvalue weighted by Crippen LogP contribution is 2.17. The molecule has 2 aromatic rings. The SMILES string of the molecule is Nc1ccccc1C(=O)CC(N)C(=O)c1ccccc1N. The lowest BCUT2D eigenvalue weighted by Crippen LogP contribution is -2.33. The van der Waals surface area contributed by atoms with Crippen LogP contribution >= 0.6 is 0 Å². The van der Waals surface area contributed by atoms with Gasteiger partial charge in [0.15, 0.2) is 11.6 Å². The number of hydrogen-bond donors (Lipinski definition) is 3. The molecule has 1 unspecified atom stereocenters. The van der Waals surface area contributed by atoms with Crippen molar-refractivity contribution < 1.29 is 9.59 Å². The van der Waals surface area contributed by atoms with Gasteiger partial charge in [0.05, 0.1) is 6.04 Å². The Morgan fingerprint density at radius 2 is 1.33 bits per heavy atom. The fourth-order valence-corrected chi connectivity index (χ4v) is 2.07. The maximum Gasteiger partial charge on any atom is 0.182 e. The topological polar surface area (TPSA) is 112 Å². The molecule has 0 fully saturated rings. The van der Waals surface area contributed by atoms with Crippen LogP contribution in [0, 0.1) is 0 Å². The molecule has 5 heteroatoms. The highest BCUT2D eigenvalue weighted by atomic mass is 16.1. The lowest BCUT2D eigenvalue weighted by molar-refractivity contribution is 0.0897. The molecule has 0 aliphatic heterocycles. The Hall–Kier alpha value is -2.66. The average molecular weight is 283 g/mol. The fraction of sp³-hybridized carbons (Fsp3) is 0.125. The van der Waals surface area contributed by atoms with Crippen LogP contribution in [0.15, 0.2) is 48.5 Å². The zero-order valence-electron chi connectivity index (χ0n) is 11.5. The second-order valence-electron chi connectivity index (χ2n) is 4.77. The van der Waals surface area contributed by atoms with Crippen LogP contribution in [0.5, 0.6) is 0 Å². The minimum atomic E-state index is -0.943. The highest BCUT2D eigenvalue weighted by Gasteiger charge is 2.22. The lowest BCUT2D eigenvalue weighted by Gasteiger charge is -2.12. The summed E-state index contributed by atoms with van der Waals surface area (Å²) in [6.07, 6.45) is -0.110. The van der Waals surface area contributed by atoms with Gasteiger partial charge in [-0.3, -0.25) is 9.59 Å². The molecule has 108 valence electrons. The maximum atomic E-state index is 12.2. The van der Waals surface area contributed by atoms with Crippen LogP contribution in [0.25, 0.3) is 0 Å². The van der Waals surface area contributed by atoms with E-state index in [9.17, 15) is 9.59 Å². The third-order valence-corrected chi connectivity index (χ3v) is 3.23. The molecule has 21 heavy (non-hydrogen) atoms. The molecule has 0 radical (unpaired) electrons. The summed E-state index contributed by atoms with van der Waals surface area (Å²) >= 11 is 0. The van der Waals surface area contributed by atoms with Crippen molar-refractivity contribution in [1.29, 1.82) is 0 Å². The first kappa shape index (κ1) is 14.7. The minimum absolute atomic E-state index is 0.110. The first-order chi connectivity index (χ1) is 10.0. The van der Waals surface area contributed by atoms with E-state index in [0.717, 1.165) is 0 Å². The van der Waals surface area contributed by atoms with Gasteiger partial charge in [-0.25, -0.2) is 0 Å². The summed E-state index contributed by atoms with van der Waals surface area (Å²) in [6.45, 7) is 0. The molecule has 0 spiro atoms. The Morgan fingerprint density at radius 3 is 1.86 bits per heavy atom. The summed E-state index contributed by atoms with van der Waals surface area (Å²) in [7, 11) is 0. The molecule has 6 N–H and O–H groups in total. The van der Waals surface area contributed by atoms with E-state index in [1.54, 1.807) is 48.5 Å². The van der Waals surface area contributed by atoms with Gasteiger partial charge in [0, 0.05) is 28.9 Å². The van der Waals surface area contributed by atoms with Gasteiger partial charge < -0.3 is 17.2 Å². The molecule has 2 aromatic carbocycles. The number of nitrogens with two attached hydrogens (primary N) is 3. The zero-order valence-corrected chi connectivity index (χ0v) is 11.5.